The predicted molar refractivity (Wildman–Crippen MR) is 80.8 cm³/mol. The molecule has 0 spiro atoms. The first kappa shape index (κ1) is 16.0. The van der Waals surface area contributed by atoms with Crippen molar-refractivity contribution < 1.29 is 4.79 Å². The van der Waals surface area contributed by atoms with E-state index in [1.165, 1.54) is 0 Å². The van der Waals surface area contributed by atoms with Crippen LogP contribution in [0.4, 0.5) is 0 Å². The van der Waals surface area contributed by atoms with Crippen LogP contribution < -0.4 is 10.6 Å². The summed E-state index contributed by atoms with van der Waals surface area (Å²) in [6.07, 6.45) is 0. The molecule has 0 aliphatic carbocycles. The summed E-state index contributed by atoms with van der Waals surface area (Å²) >= 11 is 6.00. The second kappa shape index (κ2) is 7.51. The maximum atomic E-state index is 11.9. The van der Waals surface area contributed by atoms with E-state index in [0.29, 0.717) is 29.1 Å². The third-order valence-electron chi connectivity index (χ3n) is 3.31. The van der Waals surface area contributed by atoms with Crippen molar-refractivity contribution in [2.24, 2.45) is 5.92 Å². The van der Waals surface area contributed by atoms with Crippen molar-refractivity contribution in [3.05, 3.63) is 34.3 Å². The molecule has 1 aromatic carbocycles. The van der Waals surface area contributed by atoms with Crippen molar-refractivity contribution in [3.63, 3.8) is 0 Å². The number of halogens is 1. The van der Waals surface area contributed by atoms with Gasteiger partial charge in [0.2, 0.25) is 0 Å². The zero-order chi connectivity index (χ0) is 14.4. The van der Waals surface area contributed by atoms with Gasteiger partial charge in [0.1, 0.15) is 0 Å². The van der Waals surface area contributed by atoms with E-state index in [4.69, 9.17) is 11.6 Å². The van der Waals surface area contributed by atoms with Gasteiger partial charge in [0, 0.05) is 29.7 Å². The summed E-state index contributed by atoms with van der Waals surface area (Å²) in [6.45, 7) is 9.79. The SMILES string of the molecule is Cc1ccc(C(=O)NCCNC(C)C(C)C)cc1Cl. The van der Waals surface area contributed by atoms with Gasteiger partial charge in [-0.1, -0.05) is 31.5 Å². The molecule has 0 fully saturated rings. The Morgan fingerprint density at radius 3 is 2.53 bits per heavy atom. The van der Waals surface area contributed by atoms with Crippen LogP contribution in [0.25, 0.3) is 0 Å². The van der Waals surface area contributed by atoms with Crippen LogP contribution in [0.1, 0.15) is 36.7 Å². The van der Waals surface area contributed by atoms with E-state index in [9.17, 15) is 4.79 Å². The molecule has 0 saturated carbocycles. The van der Waals surface area contributed by atoms with E-state index < -0.39 is 0 Å². The highest BCUT2D eigenvalue weighted by molar-refractivity contribution is 6.31. The highest BCUT2D eigenvalue weighted by Gasteiger charge is 2.08. The highest BCUT2D eigenvalue weighted by atomic mass is 35.5. The Hall–Kier alpha value is -1.06. The van der Waals surface area contributed by atoms with Crippen LogP contribution in [-0.2, 0) is 0 Å². The van der Waals surface area contributed by atoms with Gasteiger partial charge in [0.25, 0.3) is 5.91 Å². The summed E-state index contributed by atoms with van der Waals surface area (Å²) in [6, 6.07) is 5.80. The molecule has 1 aromatic rings. The molecule has 19 heavy (non-hydrogen) atoms. The van der Waals surface area contributed by atoms with Gasteiger partial charge in [-0.2, -0.15) is 0 Å². The standard InChI is InChI=1S/C15H23ClN2O/c1-10(2)12(4)17-7-8-18-15(19)13-6-5-11(3)14(16)9-13/h5-6,9-10,12,17H,7-8H2,1-4H3,(H,18,19). The van der Waals surface area contributed by atoms with Crippen LogP contribution in [-0.4, -0.2) is 25.0 Å². The van der Waals surface area contributed by atoms with Crippen LogP contribution in [0.2, 0.25) is 5.02 Å². The molecular formula is C15H23ClN2O. The number of amides is 1. The van der Waals surface area contributed by atoms with E-state index in [1.807, 2.05) is 13.0 Å². The van der Waals surface area contributed by atoms with Gasteiger partial charge in [-0.25, -0.2) is 0 Å². The minimum atomic E-state index is -0.0825. The summed E-state index contributed by atoms with van der Waals surface area (Å²) in [4.78, 5) is 11.9. The second-order valence-electron chi connectivity index (χ2n) is 5.21. The lowest BCUT2D eigenvalue weighted by atomic mass is 10.1. The number of rotatable bonds is 6. The van der Waals surface area contributed by atoms with Crippen molar-refractivity contribution in [2.45, 2.75) is 33.7 Å². The average molecular weight is 283 g/mol. The highest BCUT2D eigenvalue weighted by Crippen LogP contribution is 2.16. The monoisotopic (exact) mass is 282 g/mol. The predicted octanol–water partition coefficient (Wildman–Crippen LogP) is 3.01. The Bertz CT molecular complexity index is 432. The molecule has 106 valence electrons. The Kier molecular flexibility index (Phi) is 6.32. The number of carbonyl (C=O) groups is 1. The van der Waals surface area contributed by atoms with E-state index in [0.717, 1.165) is 12.1 Å². The number of aryl methyl sites for hydroxylation is 1. The lowest BCUT2D eigenvalue weighted by Crippen LogP contribution is -2.37. The van der Waals surface area contributed by atoms with E-state index >= 15 is 0 Å². The molecule has 1 amide bonds. The first-order valence-electron chi connectivity index (χ1n) is 6.69. The molecule has 0 bridgehead atoms. The molecule has 4 heteroatoms. The Morgan fingerprint density at radius 1 is 1.26 bits per heavy atom. The normalized spacial score (nSPS) is 12.5. The van der Waals surface area contributed by atoms with Gasteiger partial charge >= 0.3 is 0 Å². The molecular weight excluding hydrogens is 260 g/mol. The van der Waals surface area contributed by atoms with Crippen LogP contribution in [0.3, 0.4) is 0 Å². The minimum absolute atomic E-state index is 0.0825. The van der Waals surface area contributed by atoms with E-state index in [2.05, 4.69) is 31.4 Å². The third kappa shape index (κ3) is 5.21. The average Bonchev–Trinajstić information content (AvgIpc) is 2.37. The topological polar surface area (TPSA) is 41.1 Å². The molecule has 3 nitrogen and oxygen atoms in total. The quantitative estimate of drug-likeness (QED) is 0.788. The van der Waals surface area contributed by atoms with E-state index in [-0.39, 0.29) is 5.91 Å². The lowest BCUT2D eigenvalue weighted by Gasteiger charge is -2.17. The largest absolute Gasteiger partial charge is 0.351 e. The van der Waals surface area contributed by atoms with E-state index in [1.54, 1.807) is 12.1 Å². The first-order chi connectivity index (χ1) is 8.91. The minimum Gasteiger partial charge on any atom is -0.351 e. The zero-order valence-corrected chi connectivity index (χ0v) is 12.8. The maximum absolute atomic E-state index is 11.9. The number of hydrogen-bond acceptors (Lipinski definition) is 2. The molecule has 1 rings (SSSR count). The zero-order valence-electron chi connectivity index (χ0n) is 12.1. The molecule has 2 N–H and O–H groups in total. The molecule has 0 aromatic heterocycles. The lowest BCUT2D eigenvalue weighted by molar-refractivity contribution is 0.0953. The van der Waals surface area contributed by atoms with Crippen LogP contribution in [0.15, 0.2) is 18.2 Å². The summed E-state index contributed by atoms with van der Waals surface area (Å²) in [7, 11) is 0. The van der Waals surface area contributed by atoms with Gasteiger partial charge in [0.05, 0.1) is 0 Å². The van der Waals surface area contributed by atoms with Crippen molar-refractivity contribution in [1.29, 1.82) is 0 Å². The second-order valence-corrected chi connectivity index (χ2v) is 5.61. The van der Waals surface area contributed by atoms with Gasteiger partial charge in [-0.15, -0.1) is 0 Å². The van der Waals surface area contributed by atoms with Crippen molar-refractivity contribution >= 4 is 17.5 Å². The molecule has 1 unspecified atom stereocenters. The molecule has 1 atom stereocenters. The summed E-state index contributed by atoms with van der Waals surface area (Å²) in [5.74, 6) is 0.507. The third-order valence-corrected chi connectivity index (χ3v) is 3.72. The number of carbonyl (C=O) groups excluding carboxylic acids is 1. The van der Waals surface area contributed by atoms with Gasteiger partial charge in [0.15, 0.2) is 0 Å². The maximum Gasteiger partial charge on any atom is 0.251 e. The summed E-state index contributed by atoms with van der Waals surface area (Å²) in [5.41, 5.74) is 1.58. The van der Waals surface area contributed by atoms with Crippen LogP contribution in [0.5, 0.6) is 0 Å². The molecule has 0 heterocycles. The first-order valence-corrected chi connectivity index (χ1v) is 7.07. The number of nitrogens with one attached hydrogen (secondary N) is 2. The number of benzene rings is 1. The molecule has 0 saturated heterocycles. The Morgan fingerprint density at radius 2 is 1.95 bits per heavy atom. The smallest absolute Gasteiger partial charge is 0.251 e. The number of hydrogen-bond donors (Lipinski definition) is 2. The van der Waals surface area contributed by atoms with Crippen molar-refractivity contribution in [1.82, 2.24) is 10.6 Å². The van der Waals surface area contributed by atoms with Crippen molar-refractivity contribution in [3.8, 4) is 0 Å². The van der Waals surface area contributed by atoms with Crippen molar-refractivity contribution in [2.75, 3.05) is 13.1 Å². The van der Waals surface area contributed by atoms with Gasteiger partial charge in [-0.05, 0) is 37.5 Å². The fourth-order valence-corrected chi connectivity index (χ4v) is 1.73. The van der Waals surface area contributed by atoms with Crippen LogP contribution >= 0.6 is 11.6 Å². The summed E-state index contributed by atoms with van der Waals surface area (Å²) in [5, 5.41) is 6.87. The van der Waals surface area contributed by atoms with Gasteiger partial charge < -0.3 is 10.6 Å². The molecule has 0 aliphatic rings. The Labute approximate surface area is 120 Å². The molecule has 0 radical (unpaired) electrons. The van der Waals surface area contributed by atoms with Crippen LogP contribution in [0, 0.1) is 12.8 Å². The fraction of sp³-hybridized carbons (Fsp3) is 0.533. The van der Waals surface area contributed by atoms with Gasteiger partial charge in [-0.3, -0.25) is 4.79 Å². The fourth-order valence-electron chi connectivity index (χ4n) is 1.55. The molecule has 0 aliphatic heterocycles. The Balaban J connectivity index is 2.37. The summed E-state index contributed by atoms with van der Waals surface area (Å²) < 4.78 is 0.